The predicted octanol–water partition coefficient (Wildman–Crippen LogP) is 2.92. The molecule has 2 N–H and O–H groups in total. The normalized spacial score (nSPS) is 22.1. The number of allylic oxidation sites excluding steroid dienone is 1. The van der Waals surface area contributed by atoms with E-state index in [1.165, 1.54) is 44.1 Å². The van der Waals surface area contributed by atoms with Crippen LogP contribution >= 0.6 is 0 Å². The van der Waals surface area contributed by atoms with Gasteiger partial charge in [0, 0.05) is 18.5 Å². The molecule has 2 aliphatic rings. The van der Waals surface area contributed by atoms with E-state index in [1.807, 2.05) is 7.05 Å². The van der Waals surface area contributed by atoms with Crippen LogP contribution < -0.4 is 10.6 Å². The van der Waals surface area contributed by atoms with Crippen molar-refractivity contribution in [2.75, 3.05) is 13.6 Å². The summed E-state index contributed by atoms with van der Waals surface area (Å²) >= 11 is 0. The van der Waals surface area contributed by atoms with Crippen LogP contribution in [0, 0.1) is 0 Å². The summed E-state index contributed by atoms with van der Waals surface area (Å²) in [7, 11) is 2.00. The monoisotopic (exact) mass is 264 g/mol. The van der Waals surface area contributed by atoms with Crippen molar-refractivity contribution in [2.24, 2.45) is 0 Å². The molecule has 0 spiro atoms. The number of carbonyl (C=O) groups excluding carboxylic acids is 1. The van der Waals surface area contributed by atoms with Gasteiger partial charge >= 0.3 is 0 Å². The number of rotatable bonds is 6. The molecule has 1 amide bonds. The van der Waals surface area contributed by atoms with Gasteiger partial charge in [-0.05, 0) is 45.6 Å². The van der Waals surface area contributed by atoms with Gasteiger partial charge in [-0.25, -0.2) is 0 Å². The van der Waals surface area contributed by atoms with E-state index in [0.717, 1.165) is 25.8 Å². The quantitative estimate of drug-likeness (QED) is 0.724. The number of carbonyl (C=O) groups is 1. The molecule has 1 saturated carbocycles. The summed E-state index contributed by atoms with van der Waals surface area (Å²) in [5.74, 6) is 0.217. The van der Waals surface area contributed by atoms with Gasteiger partial charge in [0.1, 0.15) is 0 Å². The number of hydrogen-bond donors (Lipinski definition) is 2. The molecule has 0 heterocycles. The first-order valence-corrected chi connectivity index (χ1v) is 7.88. The number of amides is 1. The molecule has 0 unspecified atom stereocenters. The summed E-state index contributed by atoms with van der Waals surface area (Å²) in [5.41, 5.74) is 1.59. The van der Waals surface area contributed by atoms with Crippen molar-refractivity contribution in [3.8, 4) is 0 Å². The van der Waals surface area contributed by atoms with Crippen molar-refractivity contribution < 1.29 is 4.79 Å². The minimum Gasteiger partial charge on any atom is -0.356 e. The molecule has 0 bridgehead atoms. The Kier molecular flexibility index (Phi) is 5.44. The van der Waals surface area contributed by atoms with E-state index < -0.39 is 0 Å². The van der Waals surface area contributed by atoms with E-state index >= 15 is 0 Å². The van der Waals surface area contributed by atoms with Crippen LogP contribution in [0.5, 0.6) is 0 Å². The number of nitrogens with one attached hydrogen (secondary N) is 2. The molecule has 0 radical (unpaired) electrons. The van der Waals surface area contributed by atoms with Gasteiger partial charge < -0.3 is 10.6 Å². The molecule has 2 rings (SSSR count). The largest absolute Gasteiger partial charge is 0.356 e. The lowest BCUT2D eigenvalue weighted by Crippen LogP contribution is -2.48. The third-order valence-corrected chi connectivity index (χ3v) is 4.74. The standard InChI is InChI=1S/C16H28N2O/c1-17-16(10-5-2-6-11-16)13-15(19)18-12-9-14-7-3-4-8-14/h7,17H,2-6,8-13H2,1H3,(H,18,19). The number of hydrogen-bond acceptors (Lipinski definition) is 2. The van der Waals surface area contributed by atoms with E-state index in [2.05, 4.69) is 16.7 Å². The maximum atomic E-state index is 12.1. The lowest BCUT2D eigenvalue weighted by atomic mass is 9.79. The minimum atomic E-state index is 0.0644. The molecule has 1 fully saturated rings. The molecular weight excluding hydrogens is 236 g/mol. The third kappa shape index (κ3) is 4.34. The summed E-state index contributed by atoms with van der Waals surface area (Å²) in [4.78, 5) is 12.1. The molecule has 0 aromatic heterocycles. The SMILES string of the molecule is CNC1(CC(=O)NCCC2=CCCC2)CCCCC1. The molecule has 19 heavy (non-hydrogen) atoms. The Morgan fingerprint density at radius 2 is 2.05 bits per heavy atom. The van der Waals surface area contributed by atoms with Gasteiger partial charge in [0.25, 0.3) is 0 Å². The van der Waals surface area contributed by atoms with Crippen molar-refractivity contribution in [1.82, 2.24) is 10.6 Å². The average molecular weight is 264 g/mol. The van der Waals surface area contributed by atoms with E-state index in [1.54, 1.807) is 0 Å². The Hall–Kier alpha value is -0.830. The highest BCUT2D eigenvalue weighted by Gasteiger charge is 2.32. The van der Waals surface area contributed by atoms with Gasteiger partial charge in [-0.2, -0.15) is 0 Å². The van der Waals surface area contributed by atoms with E-state index in [4.69, 9.17) is 0 Å². The summed E-state index contributed by atoms with van der Waals surface area (Å²) in [5, 5.41) is 6.50. The van der Waals surface area contributed by atoms with Crippen LogP contribution in [0.3, 0.4) is 0 Å². The fraction of sp³-hybridized carbons (Fsp3) is 0.812. The van der Waals surface area contributed by atoms with Crippen molar-refractivity contribution in [1.29, 1.82) is 0 Å². The molecule has 0 aliphatic heterocycles. The summed E-state index contributed by atoms with van der Waals surface area (Å²) in [6.45, 7) is 0.810. The second-order valence-corrected chi connectivity index (χ2v) is 6.12. The second-order valence-electron chi connectivity index (χ2n) is 6.12. The smallest absolute Gasteiger partial charge is 0.221 e. The van der Waals surface area contributed by atoms with Crippen LogP contribution in [0.2, 0.25) is 0 Å². The fourth-order valence-corrected chi connectivity index (χ4v) is 3.44. The Balaban J connectivity index is 1.70. The summed E-state index contributed by atoms with van der Waals surface area (Å²) < 4.78 is 0. The topological polar surface area (TPSA) is 41.1 Å². The lowest BCUT2D eigenvalue weighted by Gasteiger charge is -2.36. The van der Waals surface area contributed by atoms with Crippen LogP contribution in [-0.2, 0) is 4.79 Å². The van der Waals surface area contributed by atoms with Crippen LogP contribution in [0.4, 0.5) is 0 Å². The lowest BCUT2D eigenvalue weighted by molar-refractivity contribution is -0.122. The molecule has 2 aliphatic carbocycles. The zero-order valence-electron chi connectivity index (χ0n) is 12.3. The Morgan fingerprint density at radius 3 is 2.68 bits per heavy atom. The molecule has 0 saturated heterocycles. The van der Waals surface area contributed by atoms with Crippen LogP contribution in [-0.4, -0.2) is 25.0 Å². The summed E-state index contributed by atoms with van der Waals surface area (Å²) in [6, 6.07) is 0. The van der Waals surface area contributed by atoms with Crippen LogP contribution in [0.1, 0.15) is 64.2 Å². The van der Waals surface area contributed by atoms with Crippen molar-refractivity contribution in [2.45, 2.75) is 69.7 Å². The zero-order chi connectivity index (χ0) is 13.6. The molecule has 0 atom stereocenters. The molecular formula is C16H28N2O. The van der Waals surface area contributed by atoms with Crippen molar-refractivity contribution in [3.05, 3.63) is 11.6 Å². The van der Waals surface area contributed by atoms with Gasteiger partial charge in [0.15, 0.2) is 0 Å². The maximum Gasteiger partial charge on any atom is 0.221 e. The zero-order valence-corrected chi connectivity index (χ0v) is 12.3. The highest BCUT2D eigenvalue weighted by molar-refractivity contribution is 5.77. The first-order valence-electron chi connectivity index (χ1n) is 7.88. The van der Waals surface area contributed by atoms with Crippen LogP contribution in [0.15, 0.2) is 11.6 Å². The fourth-order valence-electron chi connectivity index (χ4n) is 3.44. The predicted molar refractivity (Wildman–Crippen MR) is 79.1 cm³/mol. The van der Waals surface area contributed by atoms with E-state index in [9.17, 15) is 4.79 Å². The molecule has 3 nitrogen and oxygen atoms in total. The van der Waals surface area contributed by atoms with E-state index in [0.29, 0.717) is 6.42 Å². The molecule has 108 valence electrons. The average Bonchev–Trinajstić information content (AvgIpc) is 2.93. The van der Waals surface area contributed by atoms with Crippen molar-refractivity contribution >= 4 is 5.91 Å². The minimum absolute atomic E-state index is 0.0644. The van der Waals surface area contributed by atoms with Gasteiger partial charge in [0.05, 0.1) is 0 Å². The molecule has 0 aromatic carbocycles. The van der Waals surface area contributed by atoms with Crippen molar-refractivity contribution in [3.63, 3.8) is 0 Å². The van der Waals surface area contributed by atoms with E-state index in [-0.39, 0.29) is 11.4 Å². The van der Waals surface area contributed by atoms with Crippen LogP contribution in [0.25, 0.3) is 0 Å². The molecule has 3 heteroatoms. The Bertz CT molecular complexity index is 330. The van der Waals surface area contributed by atoms with Gasteiger partial charge in [-0.3, -0.25) is 4.79 Å². The highest BCUT2D eigenvalue weighted by Crippen LogP contribution is 2.30. The van der Waals surface area contributed by atoms with Gasteiger partial charge in [-0.15, -0.1) is 0 Å². The highest BCUT2D eigenvalue weighted by atomic mass is 16.1. The molecule has 0 aromatic rings. The Labute approximate surface area is 117 Å². The van der Waals surface area contributed by atoms with Gasteiger partial charge in [-0.1, -0.05) is 30.9 Å². The second kappa shape index (κ2) is 7.09. The first kappa shape index (κ1) is 14.6. The maximum absolute atomic E-state index is 12.1. The first-order chi connectivity index (χ1) is 9.24. The summed E-state index contributed by atoms with van der Waals surface area (Å²) in [6.07, 6.45) is 13.9. The Morgan fingerprint density at radius 1 is 1.26 bits per heavy atom. The van der Waals surface area contributed by atoms with Gasteiger partial charge in [0.2, 0.25) is 5.91 Å². The third-order valence-electron chi connectivity index (χ3n) is 4.74.